The van der Waals surface area contributed by atoms with Gasteiger partial charge in [0.15, 0.2) is 6.29 Å². The lowest BCUT2D eigenvalue weighted by Gasteiger charge is -2.24. The summed E-state index contributed by atoms with van der Waals surface area (Å²) < 4.78 is 23.8. The summed E-state index contributed by atoms with van der Waals surface area (Å²) in [5, 5.41) is 8.94. The standard InChI is InChI=1S/C12H13FO4/c13-8-4-5-9(12(14)15)10(7-8)17-11-3-1-2-6-16-11/h4-5,7,11H,1-3,6H2,(H,14,15). The monoisotopic (exact) mass is 240 g/mol. The molecule has 0 aliphatic carbocycles. The molecule has 1 aliphatic rings. The number of carboxylic acids is 1. The molecule has 0 bridgehead atoms. The fourth-order valence-electron chi connectivity index (χ4n) is 1.72. The van der Waals surface area contributed by atoms with Crippen LogP contribution in [0.1, 0.15) is 29.6 Å². The van der Waals surface area contributed by atoms with E-state index < -0.39 is 18.1 Å². The summed E-state index contributed by atoms with van der Waals surface area (Å²) in [6, 6.07) is 3.36. The third-order valence-corrected chi connectivity index (χ3v) is 2.57. The summed E-state index contributed by atoms with van der Waals surface area (Å²) in [7, 11) is 0. The number of halogens is 1. The summed E-state index contributed by atoms with van der Waals surface area (Å²) in [5.74, 6) is -1.65. The number of aromatic carboxylic acids is 1. The SMILES string of the molecule is O=C(O)c1ccc(F)cc1OC1CCCCO1. The maximum absolute atomic E-state index is 13.1. The van der Waals surface area contributed by atoms with Crippen molar-refractivity contribution < 1.29 is 23.8 Å². The van der Waals surface area contributed by atoms with E-state index >= 15 is 0 Å². The van der Waals surface area contributed by atoms with Gasteiger partial charge in [-0.25, -0.2) is 9.18 Å². The molecule has 0 spiro atoms. The van der Waals surface area contributed by atoms with Gasteiger partial charge in [-0.15, -0.1) is 0 Å². The minimum absolute atomic E-state index is 0.0180. The Morgan fingerprint density at radius 3 is 2.94 bits per heavy atom. The van der Waals surface area contributed by atoms with E-state index in [-0.39, 0.29) is 11.3 Å². The molecular formula is C12H13FO4. The molecule has 1 aromatic rings. The van der Waals surface area contributed by atoms with Crippen molar-refractivity contribution in [3.05, 3.63) is 29.6 Å². The van der Waals surface area contributed by atoms with Gasteiger partial charge in [0.2, 0.25) is 0 Å². The summed E-state index contributed by atoms with van der Waals surface area (Å²) in [4.78, 5) is 10.9. The zero-order valence-corrected chi connectivity index (χ0v) is 9.19. The first-order valence-electron chi connectivity index (χ1n) is 5.48. The van der Waals surface area contributed by atoms with E-state index in [1.807, 2.05) is 0 Å². The molecule has 1 saturated heterocycles. The average Bonchev–Trinajstić information content (AvgIpc) is 2.30. The molecule has 0 amide bonds. The minimum Gasteiger partial charge on any atom is -0.478 e. The van der Waals surface area contributed by atoms with E-state index in [0.29, 0.717) is 13.0 Å². The summed E-state index contributed by atoms with van der Waals surface area (Å²) in [6.45, 7) is 0.586. The average molecular weight is 240 g/mol. The van der Waals surface area contributed by atoms with Gasteiger partial charge in [-0.05, 0) is 25.0 Å². The van der Waals surface area contributed by atoms with Crippen LogP contribution in [0.5, 0.6) is 5.75 Å². The highest BCUT2D eigenvalue weighted by atomic mass is 19.1. The van der Waals surface area contributed by atoms with Crippen LogP contribution in [0.25, 0.3) is 0 Å². The molecular weight excluding hydrogens is 227 g/mol. The number of rotatable bonds is 3. The van der Waals surface area contributed by atoms with Gasteiger partial charge in [0.25, 0.3) is 0 Å². The second-order valence-corrected chi connectivity index (χ2v) is 3.86. The predicted molar refractivity (Wildman–Crippen MR) is 57.6 cm³/mol. The van der Waals surface area contributed by atoms with E-state index in [4.69, 9.17) is 14.6 Å². The molecule has 17 heavy (non-hydrogen) atoms. The first kappa shape index (κ1) is 11.9. The van der Waals surface area contributed by atoms with Crippen LogP contribution in [-0.2, 0) is 4.74 Å². The van der Waals surface area contributed by atoms with Gasteiger partial charge in [-0.1, -0.05) is 0 Å². The zero-order chi connectivity index (χ0) is 12.3. The lowest BCUT2D eigenvalue weighted by atomic mass is 10.2. The molecule has 1 aromatic carbocycles. The smallest absolute Gasteiger partial charge is 0.339 e. The molecule has 1 aliphatic heterocycles. The molecule has 1 heterocycles. The Kier molecular flexibility index (Phi) is 3.58. The van der Waals surface area contributed by atoms with Crippen LogP contribution in [0, 0.1) is 5.82 Å². The minimum atomic E-state index is -1.14. The molecule has 0 saturated carbocycles. The Bertz CT molecular complexity index is 413. The number of carbonyl (C=O) groups is 1. The van der Waals surface area contributed by atoms with Gasteiger partial charge in [0.05, 0.1) is 6.61 Å². The topological polar surface area (TPSA) is 55.8 Å². The molecule has 2 rings (SSSR count). The van der Waals surface area contributed by atoms with Gasteiger partial charge in [-0.2, -0.15) is 0 Å². The highest BCUT2D eigenvalue weighted by Gasteiger charge is 2.19. The number of hydrogen-bond donors (Lipinski definition) is 1. The predicted octanol–water partition coefficient (Wildman–Crippen LogP) is 2.43. The highest BCUT2D eigenvalue weighted by Crippen LogP contribution is 2.24. The molecule has 1 unspecified atom stereocenters. The van der Waals surface area contributed by atoms with Crippen molar-refractivity contribution in [1.29, 1.82) is 0 Å². The molecule has 5 heteroatoms. The Hall–Kier alpha value is -1.62. The normalized spacial score (nSPS) is 19.9. The van der Waals surface area contributed by atoms with E-state index in [2.05, 4.69) is 0 Å². The zero-order valence-electron chi connectivity index (χ0n) is 9.19. The van der Waals surface area contributed by atoms with Gasteiger partial charge in [0.1, 0.15) is 17.1 Å². The van der Waals surface area contributed by atoms with Crippen molar-refractivity contribution in [2.24, 2.45) is 0 Å². The van der Waals surface area contributed by atoms with Crippen LogP contribution in [0.4, 0.5) is 4.39 Å². The van der Waals surface area contributed by atoms with E-state index in [1.165, 1.54) is 6.07 Å². The maximum atomic E-state index is 13.1. The Labute approximate surface area is 98.0 Å². The quantitative estimate of drug-likeness (QED) is 0.881. The molecule has 92 valence electrons. The Morgan fingerprint density at radius 1 is 1.47 bits per heavy atom. The molecule has 1 atom stereocenters. The van der Waals surface area contributed by atoms with Gasteiger partial charge >= 0.3 is 5.97 Å². The fraction of sp³-hybridized carbons (Fsp3) is 0.417. The Morgan fingerprint density at radius 2 is 2.29 bits per heavy atom. The van der Waals surface area contributed by atoms with Gasteiger partial charge < -0.3 is 14.6 Å². The number of carboxylic acid groups (broad SMARTS) is 1. The molecule has 4 nitrogen and oxygen atoms in total. The van der Waals surface area contributed by atoms with Crippen LogP contribution in [0.3, 0.4) is 0 Å². The van der Waals surface area contributed by atoms with E-state index in [9.17, 15) is 9.18 Å². The van der Waals surface area contributed by atoms with E-state index in [1.54, 1.807) is 0 Å². The summed E-state index contributed by atoms with van der Waals surface area (Å²) in [6.07, 6.45) is 2.14. The van der Waals surface area contributed by atoms with Crippen LogP contribution in [0.15, 0.2) is 18.2 Å². The van der Waals surface area contributed by atoms with Crippen molar-refractivity contribution in [3.8, 4) is 5.75 Å². The highest BCUT2D eigenvalue weighted by molar-refractivity contribution is 5.90. The summed E-state index contributed by atoms with van der Waals surface area (Å²) >= 11 is 0. The van der Waals surface area contributed by atoms with Crippen molar-refractivity contribution in [3.63, 3.8) is 0 Å². The molecule has 0 aromatic heterocycles. The van der Waals surface area contributed by atoms with Crippen molar-refractivity contribution >= 4 is 5.97 Å². The first-order chi connectivity index (χ1) is 8.16. The number of ether oxygens (including phenoxy) is 2. The third kappa shape index (κ3) is 2.94. The fourth-order valence-corrected chi connectivity index (χ4v) is 1.72. The number of benzene rings is 1. The molecule has 1 N–H and O–H groups in total. The summed E-state index contributed by atoms with van der Waals surface area (Å²) in [5.41, 5.74) is -0.0550. The third-order valence-electron chi connectivity index (χ3n) is 2.57. The largest absolute Gasteiger partial charge is 0.478 e. The van der Waals surface area contributed by atoms with Crippen LogP contribution in [0.2, 0.25) is 0 Å². The van der Waals surface area contributed by atoms with Crippen molar-refractivity contribution in [2.45, 2.75) is 25.6 Å². The second-order valence-electron chi connectivity index (χ2n) is 3.86. The van der Waals surface area contributed by atoms with Crippen LogP contribution in [-0.4, -0.2) is 24.0 Å². The maximum Gasteiger partial charge on any atom is 0.339 e. The molecule has 0 radical (unpaired) electrons. The van der Waals surface area contributed by atoms with Crippen LogP contribution < -0.4 is 4.74 Å². The number of hydrogen-bond acceptors (Lipinski definition) is 3. The second kappa shape index (κ2) is 5.14. The lowest BCUT2D eigenvalue weighted by molar-refractivity contribution is -0.106. The Balaban J connectivity index is 2.17. The van der Waals surface area contributed by atoms with Crippen LogP contribution >= 0.6 is 0 Å². The molecule has 1 fully saturated rings. The van der Waals surface area contributed by atoms with E-state index in [0.717, 1.165) is 25.0 Å². The van der Waals surface area contributed by atoms with Crippen molar-refractivity contribution in [1.82, 2.24) is 0 Å². The van der Waals surface area contributed by atoms with Gasteiger partial charge in [0, 0.05) is 12.5 Å². The lowest BCUT2D eigenvalue weighted by Crippen LogP contribution is -2.25. The van der Waals surface area contributed by atoms with Gasteiger partial charge in [-0.3, -0.25) is 0 Å². The van der Waals surface area contributed by atoms with Crippen molar-refractivity contribution in [2.75, 3.05) is 6.61 Å². The first-order valence-corrected chi connectivity index (χ1v) is 5.48.